The first-order chi connectivity index (χ1) is 9.85. The Kier molecular flexibility index (Phi) is 4.73. The molecule has 0 spiro atoms. The Bertz CT molecular complexity index is 586. The van der Waals surface area contributed by atoms with Gasteiger partial charge in [-0.25, -0.2) is 0 Å². The van der Waals surface area contributed by atoms with E-state index in [9.17, 15) is 18.3 Å². The third-order valence-corrected chi connectivity index (χ3v) is 3.65. The summed E-state index contributed by atoms with van der Waals surface area (Å²) >= 11 is 1.30. The number of aliphatic hydroxyl groups is 1. The highest BCUT2D eigenvalue weighted by Crippen LogP contribution is 2.26. The van der Waals surface area contributed by atoms with Crippen molar-refractivity contribution in [1.29, 1.82) is 0 Å². The molecule has 2 rings (SSSR count). The van der Waals surface area contributed by atoms with E-state index in [-0.39, 0.29) is 5.75 Å². The predicted octanol–water partition coefficient (Wildman–Crippen LogP) is 2.54. The average molecular weight is 319 g/mol. The molecule has 1 aromatic heterocycles. The molecule has 0 bridgehead atoms. The third kappa shape index (κ3) is 4.64. The lowest BCUT2D eigenvalue weighted by atomic mass is 10.1. The third-order valence-electron chi connectivity index (χ3n) is 2.54. The van der Waals surface area contributed by atoms with Crippen LogP contribution in [0, 0.1) is 0 Å². The van der Waals surface area contributed by atoms with Crippen LogP contribution in [0.1, 0.15) is 11.7 Å². The van der Waals surface area contributed by atoms with Gasteiger partial charge in [0.25, 0.3) is 0 Å². The summed E-state index contributed by atoms with van der Waals surface area (Å²) in [5.74, 6) is -0.00848. The maximum Gasteiger partial charge on any atom is 0.573 e. The first kappa shape index (κ1) is 15.6. The Morgan fingerprint density at radius 2 is 2.00 bits per heavy atom. The van der Waals surface area contributed by atoms with Crippen LogP contribution >= 0.6 is 11.8 Å². The van der Waals surface area contributed by atoms with Crippen molar-refractivity contribution in [1.82, 2.24) is 14.8 Å². The number of rotatable bonds is 5. The van der Waals surface area contributed by atoms with E-state index in [1.54, 1.807) is 11.6 Å². The quantitative estimate of drug-likeness (QED) is 0.858. The van der Waals surface area contributed by atoms with Gasteiger partial charge in [0.05, 0.1) is 6.10 Å². The molecular weight excluding hydrogens is 307 g/mol. The van der Waals surface area contributed by atoms with Gasteiger partial charge in [0.2, 0.25) is 0 Å². The summed E-state index contributed by atoms with van der Waals surface area (Å²) in [4.78, 5) is 0. The number of halogens is 3. The summed E-state index contributed by atoms with van der Waals surface area (Å²) in [6, 6.07) is 5.12. The first-order valence-corrected chi connectivity index (χ1v) is 6.84. The lowest BCUT2D eigenvalue weighted by Crippen LogP contribution is -2.17. The molecule has 0 aliphatic heterocycles. The fourth-order valence-electron chi connectivity index (χ4n) is 1.54. The standard InChI is InChI=1S/C12H12F3N3O2S/c1-18-7-16-17-11(18)21-6-10(19)8-2-4-9(5-3-8)20-12(13,14)15/h2-5,7,10,19H,6H2,1H3. The SMILES string of the molecule is Cn1cnnc1SCC(O)c1ccc(OC(F)(F)F)cc1. The molecule has 9 heteroatoms. The highest BCUT2D eigenvalue weighted by Gasteiger charge is 2.31. The van der Waals surface area contributed by atoms with Crippen molar-refractivity contribution in [3.05, 3.63) is 36.2 Å². The first-order valence-electron chi connectivity index (χ1n) is 5.86. The molecule has 5 nitrogen and oxygen atoms in total. The molecule has 0 amide bonds. The molecule has 0 saturated heterocycles. The van der Waals surface area contributed by atoms with Crippen LogP contribution in [0.15, 0.2) is 35.7 Å². The van der Waals surface area contributed by atoms with Crippen LogP contribution in [0.2, 0.25) is 0 Å². The van der Waals surface area contributed by atoms with Crippen LogP contribution in [0.25, 0.3) is 0 Å². The van der Waals surface area contributed by atoms with Crippen molar-refractivity contribution in [2.45, 2.75) is 17.6 Å². The van der Waals surface area contributed by atoms with Gasteiger partial charge in [0.1, 0.15) is 12.1 Å². The largest absolute Gasteiger partial charge is 0.573 e. The monoisotopic (exact) mass is 319 g/mol. The Morgan fingerprint density at radius 3 is 2.52 bits per heavy atom. The van der Waals surface area contributed by atoms with Crippen molar-refractivity contribution in [2.75, 3.05) is 5.75 Å². The number of ether oxygens (including phenoxy) is 1. The molecule has 0 aliphatic carbocycles. The molecular formula is C12H12F3N3O2S. The summed E-state index contributed by atoms with van der Waals surface area (Å²) in [6.45, 7) is 0. The second-order valence-corrected chi connectivity index (χ2v) is 5.16. The van der Waals surface area contributed by atoms with Crippen LogP contribution in [-0.4, -0.2) is 32.0 Å². The molecule has 1 atom stereocenters. The summed E-state index contributed by atoms with van der Waals surface area (Å²) in [7, 11) is 1.78. The molecule has 114 valence electrons. The molecule has 1 aromatic carbocycles. The second-order valence-electron chi connectivity index (χ2n) is 4.17. The van der Waals surface area contributed by atoms with E-state index in [0.717, 1.165) is 0 Å². The van der Waals surface area contributed by atoms with E-state index in [0.29, 0.717) is 16.5 Å². The number of aromatic nitrogens is 3. The molecule has 21 heavy (non-hydrogen) atoms. The average Bonchev–Trinajstić information content (AvgIpc) is 2.80. The Balaban J connectivity index is 1.93. The zero-order valence-electron chi connectivity index (χ0n) is 10.9. The number of aliphatic hydroxyl groups excluding tert-OH is 1. The number of aryl methyl sites for hydroxylation is 1. The maximum atomic E-state index is 12.0. The van der Waals surface area contributed by atoms with E-state index >= 15 is 0 Å². The minimum absolute atomic E-state index is 0.312. The van der Waals surface area contributed by atoms with Gasteiger partial charge in [-0.1, -0.05) is 23.9 Å². The lowest BCUT2D eigenvalue weighted by Gasteiger charge is -2.12. The minimum atomic E-state index is -4.72. The molecule has 0 fully saturated rings. The van der Waals surface area contributed by atoms with Gasteiger partial charge in [-0.05, 0) is 17.7 Å². The van der Waals surface area contributed by atoms with Gasteiger partial charge in [-0.15, -0.1) is 23.4 Å². The van der Waals surface area contributed by atoms with Gasteiger partial charge in [-0.3, -0.25) is 0 Å². The van der Waals surface area contributed by atoms with E-state index < -0.39 is 12.5 Å². The molecule has 1 N–H and O–H groups in total. The second kappa shape index (κ2) is 6.35. The van der Waals surface area contributed by atoms with Gasteiger partial charge >= 0.3 is 6.36 Å². The van der Waals surface area contributed by atoms with E-state index in [2.05, 4.69) is 14.9 Å². The van der Waals surface area contributed by atoms with Gasteiger partial charge in [-0.2, -0.15) is 0 Å². The molecule has 1 heterocycles. The van der Waals surface area contributed by atoms with Crippen LogP contribution in [0.5, 0.6) is 5.75 Å². The molecule has 0 saturated carbocycles. The normalized spacial score (nSPS) is 13.2. The van der Waals surface area contributed by atoms with Crippen molar-refractivity contribution in [3.8, 4) is 5.75 Å². The van der Waals surface area contributed by atoms with Gasteiger partial charge in [0, 0.05) is 12.8 Å². The zero-order chi connectivity index (χ0) is 15.5. The van der Waals surface area contributed by atoms with Crippen molar-refractivity contribution < 1.29 is 23.0 Å². The van der Waals surface area contributed by atoms with Crippen molar-refractivity contribution in [3.63, 3.8) is 0 Å². The predicted molar refractivity (Wildman–Crippen MR) is 69.8 cm³/mol. The number of hydrogen-bond acceptors (Lipinski definition) is 5. The maximum absolute atomic E-state index is 12.0. The van der Waals surface area contributed by atoms with E-state index in [1.807, 2.05) is 0 Å². The number of thioether (sulfide) groups is 1. The van der Waals surface area contributed by atoms with E-state index in [4.69, 9.17) is 0 Å². The Morgan fingerprint density at radius 1 is 1.33 bits per heavy atom. The Hall–Kier alpha value is -1.74. The highest BCUT2D eigenvalue weighted by molar-refractivity contribution is 7.99. The molecule has 2 aromatic rings. The lowest BCUT2D eigenvalue weighted by molar-refractivity contribution is -0.274. The fourth-order valence-corrected chi connectivity index (χ4v) is 2.40. The highest BCUT2D eigenvalue weighted by atomic mass is 32.2. The minimum Gasteiger partial charge on any atom is -0.406 e. The van der Waals surface area contributed by atoms with Crippen LogP contribution < -0.4 is 4.74 Å². The van der Waals surface area contributed by atoms with Crippen molar-refractivity contribution >= 4 is 11.8 Å². The summed E-state index contributed by atoms with van der Waals surface area (Å²) in [5.41, 5.74) is 0.499. The number of hydrogen-bond donors (Lipinski definition) is 1. The zero-order valence-corrected chi connectivity index (χ0v) is 11.7. The smallest absolute Gasteiger partial charge is 0.406 e. The summed E-state index contributed by atoms with van der Waals surface area (Å²) in [6.07, 6.45) is -4.01. The molecule has 0 aliphatic rings. The molecule has 0 radical (unpaired) electrons. The van der Waals surface area contributed by atoms with Crippen LogP contribution in [-0.2, 0) is 7.05 Å². The summed E-state index contributed by atoms with van der Waals surface area (Å²) < 4.78 is 41.5. The number of benzene rings is 1. The van der Waals surface area contributed by atoms with Crippen LogP contribution in [0.4, 0.5) is 13.2 Å². The van der Waals surface area contributed by atoms with Gasteiger partial charge < -0.3 is 14.4 Å². The topological polar surface area (TPSA) is 60.2 Å². The van der Waals surface area contributed by atoms with Crippen molar-refractivity contribution in [2.24, 2.45) is 7.05 Å². The fraction of sp³-hybridized carbons (Fsp3) is 0.333. The number of alkyl halides is 3. The van der Waals surface area contributed by atoms with Gasteiger partial charge in [0.15, 0.2) is 5.16 Å². The Labute approximate surface area is 122 Å². The number of nitrogens with zero attached hydrogens (tertiary/aromatic N) is 3. The molecule has 1 unspecified atom stereocenters. The summed E-state index contributed by atoms with van der Waals surface area (Å²) in [5, 5.41) is 18.2. The van der Waals surface area contributed by atoms with Crippen LogP contribution in [0.3, 0.4) is 0 Å². The van der Waals surface area contributed by atoms with E-state index in [1.165, 1.54) is 42.4 Å².